The molecule has 2 aromatic rings. The largest absolute Gasteiger partial charge is 0.401 e. The van der Waals surface area contributed by atoms with Crippen molar-refractivity contribution >= 4 is 12.2 Å². The van der Waals surface area contributed by atoms with E-state index < -0.39 is 16.9 Å². The second-order valence-corrected chi connectivity index (χ2v) is 7.82. The molecule has 0 atom stereocenters. The number of halogens is 1. The fourth-order valence-corrected chi connectivity index (χ4v) is 2.59. The number of hydrogen-bond acceptors (Lipinski definition) is 3. The number of nitrogens with one attached hydrogen (secondary N) is 2. The first-order chi connectivity index (χ1) is 12.5. The van der Waals surface area contributed by atoms with E-state index in [1.54, 1.807) is 18.2 Å². The summed E-state index contributed by atoms with van der Waals surface area (Å²) in [7, 11) is 0. The lowest BCUT2D eigenvalue weighted by Gasteiger charge is -2.24. The quantitative estimate of drug-likeness (QED) is 0.767. The Morgan fingerprint density at radius 2 is 1.63 bits per heavy atom. The molecule has 27 heavy (non-hydrogen) atoms. The molecule has 4 N–H and O–H groups in total. The van der Waals surface area contributed by atoms with Crippen molar-refractivity contribution in [2.24, 2.45) is 17.1 Å². The smallest absolute Gasteiger partial charge is 0.272 e. The van der Waals surface area contributed by atoms with E-state index in [1.165, 1.54) is 18.2 Å². The first kappa shape index (κ1) is 20.4. The van der Waals surface area contributed by atoms with Gasteiger partial charge >= 0.3 is 0 Å². The van der Waals surface area contributed by atoms with E-state index in [1.807, 2.05) is 34.6 Å². The Morgan fingerprint density at radius 3 is 2.19 bits per heavy atom. The lowest BCUT2D eigenvalue weighted by atomic mass is 9.85. The van der Waals surface area contributed by atoms with Gasteiger partial charge in [-0.15, -0.1) is 0 Å². The van der Waals surface area contributed by atoms with Crippen molar-refractivity contribution < 1.29 is 4.39 Å². The summed E-state index contributed by atoms with van der Waals surface area (Å²) < 4.78 is 13.8. The van der Waals surface area contributed by atoms with Gasteiger partial charge in [0.1, 0.15) is 16.5 Å². The van der Waals surface area contributed by atoms with Crippen LogP contribution in [0.3, 0.4) is 0 Å². The van der Waals surface area contributed by atoms with Gasteiger partial charge in [-0.05, 0) is 29.7 Å². The fourth-order valence-electron chi connectivity index (χ4n) is 2.59. The maximum Gasteiger partial charge on any atom is 0.272 e. The van der Waals surface area contributed by atoms with Crippen LogP contribution in [0, 0.1) is 17.2 Å². The van der Waals surface area contributed by atoms with E-state index in [4.69, 9.17) is 5.73 Å². The van der Waals surface area contributed by atoms with Gasteiger partial charge in [0.15, 0.2) is 0 Å². The molecule has 2 rings (SSSR count). The summed E-state index contributed by atoms with van der Waals surface area (Å²) in [5.41, 5.74) is 6.67. The summed E-state index contributed by atoms with van der Waals surface area (Å²) in [4.78, 5) is 29.9. The summed E-state index contributed by atoms with van der Waals surface area (Å²) in [5.74, 6) is -0.409. The number of aromatic nitrogens is 2. The highest BCUT2D eigenvalue weighted by Crippen LogP contribution is 2.27. The molecule has 0 aliphatic rings. The average molecular weight is 371 g/mol. The minimum Gasteiger partial charge on any atom is -0.401 e. The molecule has 0 radical (unpaired) electrons. The molecule has 0 aliphatic heterocycles. The lowest BCUT2D eigenvalue weighted by molar-refractivity contribution is 0.487. The monoisotopic (exact) mass is 371 g/mol. The van der Waals surface area contributed by atoms with Crippen LogP contribution in [0.15, 0.2) is 45.1 Å². The molecule has 1 aromatic heterocycles. The zero-order chi connectivity index (χ0) is 20.4. The zero-order valence-electron chi connectivity index (χ0n) is 16.3. The van der Waals surface area contributed by atoms with E-state index in [2.05, 4.69) is 9.97 Å². The predicted octanol–water partition coefficient (Wildman–Crippen LogP) is 1.73. The molecule has 0 saturated carbocycles. The van der Waals surface area contributed by atoms with Crippen molar-refractivity contribution in [1.29, 1.82) is 0 Å². The third-order valence-electron chi connectivity index (χ3n) is 4.23. The van der Waals surface area contributed by atoms with Crippen LogP contribution >= 0.6 is 0 Å². The van der Waals surface area contributed by atoms with Gasteiger partial charge in [0.2, 0.25) is 0 Å². The molecule has 0 amide bonds. The highest BCUT2D eigenvalue weighted by molar-refractivity contribution is 5.50. The number of benzene rings is 1. The van der Waals surface area contributed by atoms with Crippen LogP contribution in [0.1, 0.15) is 40.2 Å². The Bertz CT molecular complexity index is 1100. The van der Waals surface area contributed by atoms with Crippen molar-refractivity contribution in [2.75, 3.05) is 0 Å². The molecule has 0 spiro atoms. The molecular weight excluding hydrogens is 345 g/mol. The SMILES string of the molecule is CC(C)C(/C=c1\[nH]c(=O)/c(=C/c2ccccc2F)[nH]c1=O)=C(\N)C(C)(C)C. The molecule has 1 heterocycles. The first-order valence-corrected chi connectivity index (χ1v) is 8.81. The van der Waals surface area contributed by atoms with E-state index in [0.717, 1.165) is 5.57 Å². The molecule has 144 valence electrons. The van der Waals surface area contributed by atoms with Crippen LogP contribution in [-0.2, 0) is 0 Å². The van der Waals surface area contributed by atoms with Crippen molar-refractivity contribution in [1.82, 2.24) is 9.97 Å². The molecular formula is C21H26FN3O2. The molecule has 6 heteroatoms. The van der Waals surface area contributed by atoms with Crippen LogP contribution < -0.4 is 27.6 Å². The number of aromatic amines is 2. The van der Waals surface area contributed by atoms with Gasteiger partial charge in [0, 0.05) is 16.7 Å². The molecule has 0 fully saturated rings. The van der Waals surface area contributed by atoms with Gasteiger partial charge in [-0.2, -0.15) is 0 Å². The third-order valence-corrected chi connectivity index (χ3v) is 4.23. The topological polar surface area (TPSA) is 91.7 Å². The van der Waals surface area contributed by atoms with Crippen molar-refractivity contribution in [2.45, 2.75) is 34.6 Å². The summed E-state index contributed by atoms with van der Waals surface area (Å²) >= 11 is 0. The van der Waals surface area contributed by atoms with E-state index in [-0.39, 0.29) is 27.6 Å². The van der Waals surface area contributed by atoms with Gasteiger partial charge in [-0.3, -0.25) is 9.59 Å². The minimum absolute atomic E-state index is 0.0129. The molecule has 5 nitrogen and oxygen atoms in total. The molecule has 0 unspecified atom stereocenters. The number of allylic oxidation sites excluding steroid dienone is 2. The number of nitrogens with two attached hydrogens (primary N) is 1. The van der Waals surface area contributed by atoms with Crippen LogP contribution in [0.5, 0.6) is 0 Å². The highest BCUT2D eigenvalue weighted by atomic mass is 19.1. The van der Waals surface area contributed by atoms with Gasteiger partial charge in [-0.25, -0.2) is 4.39 Å². The maximum atomic E-state index is 13.8. The highest BCUT2D eigenvalue weighted by Gasteiger charge is 2.19. The van der Waals surface area contributed by atoms with Gasteiger partial charge in [-0.1, -0.05) is 52.8 Å². The molecule has 0 aliphatic carbocycles. The Kier molecular flexibility index (Phi) is 5.88. The molecule has 0 bridgehead atoms. The van der Waals surface area contributed by atoms with Crippen LogP contribution in [0.2, 0.25) is 0 Å². The maximum absolute atomic E-state index is 13.8. The Morgan fingerprint density at radius 1 is 1.07 bits per heavy atom. The number of H-pyrrole nitrogens is 2. The summed E-state index contributed by atoms with van der Waals surface area (Å²) in [6, 6.07) is 6.02. The number of hydrogen-bond donors (Lipinski definition) is 3. The second kappa shape index (κ2) is 7.78. The van der Waals surface area contributed by atoms with E-state index in [0.29, 0.717) is 5.70 Å². The third kappa shape index (κ3) is 4.84. The summed E-state index contributed by atoms with van der Waals surface area (Å²) in [6.45, 7) is 9.89. The number of rotatable bonds is 3. The summed E-state index contributed by atoms with van der Waals surface area (Å²) in [6.07, 6.45) is 2.92. The second-order valence-electron chi connectivity index (χ2n) is 7.82. The van der Waals surface area contributed by atoms with Crippen molar-refractivity contribution in [3.05, 3.63) is 78.3 Å². The van der Waals surface area contributed by atoms with Crippen LogP contribution in [0.4, 0.5) is 4.39 Å². The predicted molar refractivity (Wildman–Crippen MR) is 107 cm³/mol. The summed E-state index contributed by atoms with van der Waals surface area (Å²) in [5, 5.41) is 0.0997. The van der Waals surface area contributed by atoms with Crippen molar-refractivity contribution in [3.63, 3.8) is 0 Å². The normalized spacial score (nSPS) is 14.6. The van der Waals surface area contributed by atoms with Gasteiger partial charge < -0.3 is 15.7 Å². The minimum atomic E-state index is -0.512. The lowest BCUT2D eigenvalue weighted by Crippen LogP contribution is -2.47. The molecule has 1 aromatic carbocycles. The first-order valence-electron chi connectivity index (χ1n) is 8.81. The van der Waals surface area contributed by atoms with E-state index in [9.17, 15) is 14.0 Å². The zero-order valence-corrected chi connectivity index (χ0v) is 16.3. The standard InChI is InChI=1S/C21H26FN3O2/c1-12(2)14(18(23)21(3,4)5)11-17-20(27)24-16(19(26)25-17)10-13-8-6-7-9-15(13)22/h6-12H,23H2,1-5H3,(H,24,27)(H,25,26)/b16-10-,17-11-,18-14-. The van der Waals surface area contributed by atoms with Gasteiger partial charge in [0.05, 0.1) is 0 Å². The van der Waals surface area contributed by atoms with E-state index >= 15 is 0 Å². The fraction of sp³-hybridized carbons (Fsp3) is 0.333. The average Bonchev–Trinajstić information content (AvgIpc) is 2.56. The van der Waals surface area contributed by atoms with Crippen molar-refractivity contribution in [3.8, 4) is 0 Å². The Labute approximate surface area is 157 Å². The van der Waals surface area contributed by atoms with Crippen LogP contribution in [-0.4, -0.2) is 9.97 Å². The Balaban J connectivity index is 2.71. The van der Waals surface area contributed by atoms with Gasteiger partial charge in [0.25, 0.3) is 11.1 Å². The Hall–Kier alpha value is -2.89. The van der Waals surface area contributed by atoms with Crippen LogP contribution in [0.25, 0.3) is 12.2 Å². The molecule has 0 saturated heterocycles.